The number of rotatable bonds is 3. The Morgan fingerprint density at radius 2 is 2.22 bits per heavy atom. The molecule has 1 fully saturated rings. The lowest BCUT2D eigenvalue weighted by molar-refractivity contribution is 0.0745. The summed E-state index contributed by atoms with van der Waals surface area (Å²) in [6, 6.07) is 2.12. The number of nitrogens with zero attached hydrogens (tertiary/aromatic N) is 3. The first-order valence-electron chi connectivity index (χ1n) is 7.73. The lowest BCUT2D eigenvalue weighted by Gasteiger charge is -2.24. The predicted molar refractivity (Wildman–Crippen MR) is 91.2 cm³/mol. The molecule has 0 radical (unpaired) electrons. The summed E-state index contributed by atoms with van der Waals surface area (Å²) in [6.07, 6.45) is 0.982. The fourth-order valence-corrected chi connectivity index (χ4v) is 2.90. The average molecular weight is 339 g/mol. The van der Waals surface area contributed by atoms with Gasteiger partial charge in [-0.05, 0) is 31.9 Å². The van der Waals surface area contributed by atoms with Crippen molar-refractivity contribution in [1.82, 2.24) is 20.4 Å². The summed E-state index contributed by atoms with van der Waals surface area (Å²) in [5.74, 6) is 0.231. The number of halogens is 1. The lowest BCUT2D eigenvalue weighted by atomic mass is 10.0. The molecule has 1 unspecified atom stereocenters. The Balaban J connectivity index is 0.00000192. The highest BCUT2D eigenvalue weighted by molar-refractivity contribution is 6.06. The Bertz CT molecular complexity index is 707. The summed E-state index contributed by atoms with van der Waals surface area (Å²) in [6.45, 7) is 7.75. The largest absolute Gasteiger partial charge is 0.337 e. The number of pyridine rings is 1. The number of hydrogen-bond donors (Lipinski definition) is 1. The predicted octanol–water partition coefficient (Wildman–Crippen LogP) is 2.51. The molecule has 0 saturated carbocycles. The topological polar surface area (TPSA) is 71.3 Å². The van der Waals surface area contributed by atoms with Crippen LogP contribution in [0.25, 0.3) is 11.1 Å². The van der Waals surface area contributed by atoms with Gasteiger partial charge in [-0.15, -0.1) is 12.4 Å². The second-order valence-corrected chi connectivity index (χ2v) is 6.26. The van der Waals surface area contributed by atoms with E-state index in [0.717, 1.165) is 30.6 Å². The van der Waals surface area contributed by atoms with Crippen LogP contribution in [0.4, 0.5) is 0 Å². The van der Waals surface area contributed by atoms with Crippen LogP contribution >= 0.6 is 12.4 Å². The zero-order valence-electron chi connectivity index (χ0n) is 13.9. The summed E-state index contributed by atoms with van der Waals surface area (Å²) < 4.78 is 5.29. The summed E-state index contributed by atoms with van der Waals surface area (Å²) in [7, 11) is 1.87. The van der Waals surface area contributed by atoms with Crippen molar-refractivity contribution in [1.29, 1.82) is 0 Å². The van der Waals surface area contributed by atoms with E-state index in [1.54, 1.807) is 0 Å². The van der Waals surface area contributed by atoms with E-state index in [1.165, 1.54) is 0 Å². The van der Waals surface area contributed by atoms with Gasteiger partial charge in [0.1, 0.15) is 0 Å². The number of carbonyl (C=O) groups is 1. The van der Waals surface area contributed by atoms with Crippen molar-refractivity contribution >= 4 is 29.4 Å². The highest BCUT2D eigenvalue weighted by Gasteiger charge is 2.27. The van der Waals surface area contributed by atoms with Crippen LogP contribution in [0.2, 0.25) is 0 Å². The molecule has 1 atom stereocenters. The number of aromatic nitrogens is 2. The van der Waals surface area contributed by atoms with Gasteiger partial charge in [0, 0.05) is 25.3 Å². The van der Waals surface area contributed by atoms with E-state index in [2.05, 4.69) is 29.3 Å². The van der Waals surface area contributed by atoms with Gasteiger partial charge in [0.05, 0.1) is 16.6 Å². The Morgan fingerprint density at radius 1 is 1.48 bits per heavy atom. The van der Waals surface area contributed by atoms with Crippen LogP contribution in [0.3, 0.4) is 0 Å². The Labute approximate surface area is 142 Å². The molecule has 0 bridgehead atoms. The van der Waals surface area contributed by atoms with Crippen molar-refractivity contribution in [3.8, 4) is 0 Å². The zero-order valence-corrected chi connectivity index (χ0v) is 14.7. The maximum atomic E-state index is 13.0. The fraction of sp³-hybridized carbons (Fsp3) is 0.562. The molecular weight excluding hydrogens is 316 g/mol. The minimum atomic E-state index is 0. The van der Waals surface area contributed by atoms with Crippen LogP contribution in [0.5, 0.6) is 0 Å². The number of amides is 1. The van der Waals surface area contributed by atoms with Crippen molar-refractivity contribution in [2.45, 2.75) is 39.2 Å². The summed E-state index contributed by atoms with van der Waals surface area (Å²) >= 11 is 0. The molecule has 0 spiro atoms. The highest BCUT2D eigenvalue weighted by atomic mass is 35.5. The second kappa shape index (κ2) is 6.84. The summed E-state index contributed by atoms with van der Waals surface area (Å²) in [5.41, 5.74) is 2.65. The van der Waals surface area contributed by atoms with Crippen LogP contribution in [0, 0.1) is 6.92 Å². The molecule has 1 aliphatic heterocycles. The quantitative estimate of drug-likeness (QED) is 0.931. The number of hydrogen-bond acceptors (Lipinski definition) is 5. The number of aryl methyl sites for hydroxylation is 1. The minimum Gasteiger partial charge on any atom is -0.337 e. The van der Waals surface area contributed by atoms with Crippen LogP contribution in [0.15, 0.2) is 10.6 Å². The Morgan fingerprint density at radius 3 is 2.83 bits per heavy atom. The van der Waals surface area contributed by atoms with Crippen LogP contribution < -0.4 is 5.32 Å². The number of nitrogens with one attached hydrogen (secondary N) is 1. The van der Waals surface area contributed by atoms with Crippen LogP contribution in [0.1, 0.15) is 47.9 Å². The third-order valence-corrected chi connectivity index (χ3v) is 4.36. The first kappa shape index (κ1) is 17.7. The average Bonchev–Trinajstić information content (AvgIpc) is 3.15. The van der Waals surface area contributed by atoms with Crippen molar-refractivity contribution < 1.29 is 9.32 Å². The van der Waals surface area contributed by atoms with E-state index in [1.807, 2.05) is 24.9 Å². The Hall–Kier alpha value is -1.66. The molecule has 1 aliphatic rings. The molecule has 0 aromatic carbocycles. The van der Waals surface area contributed by atoms with Gasteiger partial charge in [0.15, 0.2) is 0 Å². The van der Waals surface area contributed by atoms with Gasteiger partial charge in [0.25, 0.3) is 11.6 Å². The molecule has 2 aromatic rings. The van der Waals surface area contributed by atoms with E-state index in [0.29, 0.717) is 17.0 Å². The minimum absolute atomic E-state index is 0. The molecule has 126 valence electrons. The van der Waals surface area contributed by atoms with Crippen molar-refractivity contribution in [3.05, 3.63) is 23.0 Å². The van der Waals surface area contributed by atoms with Gasteiger partial charge >= 0.3 is 0 Å². The number of likely N-dealkylation sites (N-methyl/N-ethyl adjacent to an activating group) is 1. The first-order chi connectivity index (χ1) is 10.5. The molecule has 3 heterocycles. The maximum Gasteiger partial charge on any atom is 0.259 e. The van der Waals surface area contributed by atoms with Gasteiger partial charge in [-0.2, -0.15) is 0 Å². The zero-order chi connectivity index (χ0) is 15.9. The van der Waals surface area contributed by atoms with E-state index in [4.69, 9.17) is 4.52 Å². The van der Waals surface area contributed by atoms with Gasteiger partial charge < -0.3 is 14.7 Å². The second-order valence-electron chi connectivity index (χ2n) is 6.26. The van der Waals surface area contributed by atoms with Gasteiger partial charge in [0.2, 0.25) is 0 Å². The van der Waals surface area contributed by atoms with E-state index < -0.39 is 0 Å². The summed E-state index contributed by atoms with van der Waals surface area (Å²) in [4.78, 5) is 19.3. The third kappa shape index (κ3) is 3.19. The number of carbonyl (C=O) groups excluding carboxylic acids is 1. The number of fused-ring (bicyclic) bond motifs is 1. The van der Waals surface area contributed by atoms with Crippen molar-refractivity contribution in [3.63, 3.8) is 0 Å². The van der Waals surface area contributed by atoms with E-state index in [9.17, 15) is 4.79 Å². The van der Waals surface area contributed by atoms with Crippen molar-refractivity contribution in [2.24, 2.45) is 0 Å². The van der Waals surface area contributed by atoms with Crippen molar-refractivity contribution in [2.75, 3.05) is 20.1 Å². The molecular formula is C16H23ClN4O2. The standard InChI is InChI=1S/C16H22N4O2.ClH/c1-9(2)13-7-12(14-10(3)19-22-15(14)18-13)16(21)20(4)11-5-6-17-8-11;/h7,9,11,17H,5-6,8H2,1-4H3;1H. The van der Waals surface area contributed by atoms with Gasteiger partial charge in [-0.1, -0.05) is 19.0 Å². The third-order valence-electron chi connectivity index (χ3n) is 4.36. The van der Waals surface area contributed by atoms with Crippen LogP contribution in [-0.2, 0) is 0 Å². The smallest absolute Gasteiger partial charge is 0.259 e. The molecule has 1 N–H and O–H groups in total. The molecule has 3 rings (SSSR count). The van der Waals surface area contributed by atoms with E-state index in [-0.39, 0.29) is 30.3 Å². The molecule has 1 amide bonds. The molecule has 6 nitrogen and oxygen atoms in total. The maximum absolute atomic E-state index is 13.0. The Kier molecular flexibility index (Phi) is 5.26. The molecule has 1 saturated heterocycles. The molecule has 0 aliphatic carbocycles. The normalized spacial score (nSPS) is 17.5. The van der Waals surface area contributed by atoms with Gasteiger partial charge in [-0.3, -0.25) is 4.79 Å². The molecule has 7 heteroatoms. The molecule has 23 heavy (non-hydrogen) atoms. The lowest BCUT2D eigenvalue weighted by Crippen LogP contribution is -2.38. The van der Waals surface area contributed by atoms with E-state index >= 15 is 0 Å². The van der Waals surface area contributed by atoms with Gasteiger partial charge in [-0.25, -0.2) is 4.98 Å². The highest BCUT2D eigenvalue weighted by Crippen LogP contribution is 2.26. The molecule has 2 aromatic heterocycles. The SMILES string of the molecule is Cc1noc2nc(C(C)C)cc(C(=O)N(C)C3CCNC3)c12.Cl. The summed E-state index contributed by atoms with van der Waals surface area (Å²) in [5, 5.41) is 8.00. The fourth-order valence-electron chi connectivity index (χ4n) is 2.90. The monoisotopic (exact) mass is 338 g/mol. The first-order valence-corrected chi connectivity index (χ1v) is 7.73. The van der Waals surface area contributed by atoms with Crippen LogP contribution in [-0.4, -0.2) is 47.1 Å².